The minimum Gasteiger partial charge on any atom is -0.369 e. The van der Waals surface area contributed by atoms with Gasteiger partial charge in [-0.15, -0.1) is 0 Å². The molecule has 0 aliphatic heterocycles. The maximum Gasteiger partial charge on any atom is 0.225 e. The van der Waals surface area contributed by atoms with Crippen molar-refractivity contribution in [3.8, 4) is 0 Å². The number of carbonyl (C=O) groups is 2. The summed E-state index contributed by atoms with van der Waals surface area (Å²) in [5.74, 6) is -0.406. The number of hydrogen-bond acceptors (Lipinski definition) is 4. The van der Waals surface area contributed by atoms with Crippen LogP contribution < -0.4 is 16.8 Å². The van der Waals surface area contributed by atoms with Crippen molar-refractivity contribution in [1.82, 2.24) is 10.3 Å². The molecule has 0 saturated heterocycles. The number of carbonyl (C=O) groups excluding carboxylic acids is 2. The Balaban J connectivity index is 2.35. The van der Waals surface area contributed by atoms with Gasteiger partial charge in [0, 0.05) is 18.3 Å². The number of primary amides is 1. The monoisotopic (exact) mass is 352 g/mol. The van der Waals surface area contributed by atoms with Crippen LogP contribution in [0, 0.1) is 6.92 Å². The van der Waals surface area contributed by atoms with Gasteiger partial charge in [0.25, 0.3) is 0 Å². The van der Waals surface area contributed by atoms with Crippen molar-refractivity contribution in [2.75, 3.05) is 6.54 Å². The Morgan fingerprint density at radius 2 is 2.25 bits per heavy atom. The number of amides is 1. The SMILES string of the molecule is C=CC(C)(N)NCCCC(PC(=O)CCc1cc(C)c[nH]1)C(N)=O. The molecule has 1 amide bonds. The van der Waals surface area contributed by atoms with Crippen LogP contribution in [0.5, 0.6) is 0 Å². The second-order valence-corrected chi connectivity index (χ2v) is 7.82. The first-order valence-electron chi connectivity index (χ1n) is 8.13. The molecule has 6 nitrogen and oxygen atoms in total. The van der Waals surface area contributed by atoms with Crippen LogP contribution in [0.25, 0.3) is 0 Å². The molecule has 3 unspecified atom stereocenters. The van der Waals surface area contributed by atoms with E-state index in [1.54, 1.807) is 6.08 Å². The molecule has 0 saturated carbocycles. The maximum absolute atomic E-state index is 12.1. The van der Waals surface area contributed by atoms with Crippen molar-refractivity contribution in [1.29, 1.82) is 0 Å². The Kier molecular flexibility index (Phi) is 8.32. The highest BCUT2D eigenvalue weighted by Gasteiger charge is 2.19. The van der Waals surface area contributed by atoms with Gasteiger partial charge in [0.2, 0.25) is 5.91 Å². The van der Waals surface area contributed by atoms with E-state index < -0.39 is 17.2 Å². The number of nitrogens with two attached hydrogens (primary N) is 2. The average Bonchev–Trinajstić information content (AvgIpc) is 2.93. The molecule has 1 rings (SSSR count). The smallest absolute Gasteiger partial charge is 0.225 e. The van der Waals surface area contributed by atoms with Crippen molar-refractivity contribution >= 4 is 20.0 Å². The molecule has 6 N–H and O–H groups in total. The van der Waals surface area contributed by atoms with E-state index in [1.807, 2.05) is 26.1 Å². The van der Waals surface area contributed by atoms with Gasteiger partial charge in [-0.1, -0.05) is 12.7 Å². The summed E-state index contributed by atoms with van der Waals surface area (Å²) < 4.78 is 0. The quantitative estimate of drug-likeness (QED) is 0.198. The topological polar surface area (TPSA) is 114 Å². The molecular weight excluding hydrogens is 323 g/mol. The van der Waals surface area contributed by atoms with Gasteiger partial charge in [-0.3, -0.25) is 14.9 Å². The van der Waals surface area contributed by atoms with Gasteiger partial charge < -0.3 is 16.5 Å². The third-order valence-electron chi connectivity index (χ3n) is 3.79. The van der Waals surface area contributed by atoms with E-state index in [9.17, 15) is 9.59 Å². The highest BCUT2D eigenvalue weighted by molar-refractivity contribution is 7.59. The molecule has 1 heterocycles. The summed E-state index contributed by atoms with van der Waals surface area (Å²) in [5, 5.41) is 3.13. The van der Waals surface area contributed by atoms with Crippen LogP contribution in [-0.2, 0) is 16.0 Å². The van der Waals surface area contributed by atoms with Gasteiger partial charge in [-0.25, -0.2) is 0 Å². The molecule has 0 aromatic carbocycles. The highest BCUT2D eigenvalue weighted by atomic mass is 31.1. The largest absolute Gasteiger partial charge is 0.369 e. The summed E-state index contributed by atoms with van der Waals surface area (Å²) >= 11 is 0. The number of hydrogen-bond donors (Lipinski definition) is 4. The van der Waals surface area contributed by atoms with Gasteiger partial charge in [-0.2, -0.15) is 0 Å². The van der Waals surface area contributed by atoms with Crippen molar-refractivity contribution < 1.29 is 9.59 Å². The predicted octanol–water partition coefficient (Wildman–Crippen LogP) is 1.55. The molecule has 0 radical (unpaired) electrons. The van der Waals surface area contributed by atoms with E-state index in [1.165, 1.54) is 0 Å². The summed E-state index contributed by atoms with van der Waals surface area (Å²) in [6, 6.07) is 2.02. The molecule has 7 heteroatoms. The summed E-state index contributed by atoms with van der Waals surface area (Å²) in [6.07, 6.45) is 5.95. The fourth-order valence-corrected chi connectivity index (χ4v) is 3.39. The number of H-pyrrole nitrogens is 1. The molecule has 1 aromatic heterocycles. The van der Waals surface area contributed by atoms with E-state index in [0.717, 1.165) is 17.7 Å². The zero-order valence-electron chi connectivity index (χ0n) is 14.5. The third-order valence-corrected chi connectivity index (χ3v) is 5.28. The maximum atomic E-state index is 12.1. The van der Waals surface area contributed by atoms with Crippen LogP contribution >= 0.6 is 8.58 Å². The van der Waals surface area contributed by atoms with E-state index in [4.69, 9.17) is 11.5 Å². The zero-order valence-corrected chi connectivity index (χ0v) is 15.5. The highest BCUT2D eigenvalue weighted by Crippen LogP contribution is 2.26. The molecule has 0 aliphatic rings. The van der Waals surface area contributed by atoms with Crippen molar-refractivity contribution in [3.05, 3.63) is 36.2 Å². The second-order valence-electron chi connectivity index (χ2n) is 6.28. The van der Waals surface area contributed by atoms with Crippen LogP contribution in [0.4, 0.5) is 0 Å². The van der Waals surface area contributed by atoms with E-state index in [2.05, 4.69) is 16.9 Å². The number of aromatic nitrogens is 1. The number of aromatic amines is 1. The van der Waals surface area contributed by atoms with Gasteiger partial charge in [0.05, 0.1) is 11.3 Å². The van der Waals surface area contributed by atoms with E-state index in [0.29, 0.717) is 25.8 Å². The predicted molar refractivity (Wildman–Crippen MR) is 100 cm³/mol. The minimum absolute atomic E-state index is 0.0724. The van der Waals surface area contributed by atoms with Crippen molar-refractivity contribution in [2.24, 2.45) is 11.5 Å². The van der Waals surface area contributed by atoms with Crippen molar-refractivity contribution in [3.63, 3.8) is 0 Å². The lowest BCUT2D eigenvalue weighted by atomic mass is 10.2. The summed E-state index contributed by atoms with van der Waals surface area (Å²) in [6.45, 7) is 8.11. The van der Waals surface area contributed by atoms with Crippen LogP contribution in [0.3, 0.4) is 0 Å². The summed E-state index contributed by atoms with van der Waals surface area (Å²) in [5.41, 5.74) is 12.6. The fourth-order valence-electron chi connectivity index (χ4n) is 2.25. The first-order chi connectivity index (χ1) is 11.2. The Morgan fingerprint density at radius 3 is 2.79 bits per heavy atom. The van der Waals surface area contributed by atoms with Crippen LogP contribution in [0.15, 0.2) is 24.9 Å². The Hall–Kier alpha value is -1.49. The second kappa shape index (κ2) is 9.72. The molecule has 134 valence electrons. The molecule has 3 atom stereocenters. The first-order valence-corrected chi connectivity index (χ1v) is 9.21. The number of aryl methyl sites for hydroxylation is 2. The molecular formula is C17H29N4O2P. The minimum atomic E-state index is -0.630. The third kappa shape index (κ3) is 7.86. The summed E-state index contributed by atoms with van der Waals surface area (Å²) in [7, 11) is -0.0724. The molecule has 0 aliphatic carbocycles. The number of rotatable bonds is 12. The van der Waals surface area contributed by atoms with Gasteiger partial charge >= 0.3 is 0 Å². The van der Waals surface area contributed by atoms with Crippen molar-refractivity contribution in [2.45, 2.75) is 50.9 Å². The van der Waals surface area contributed by atoms with Gasteiger partial charge in [0.1, 0.15) is 0 Å². The molecule has 1 aromatic rings. The molecule has 24 heavy (non-hydrogen) atoms. The van der Waals surface area contributed by atoms with Crippen LogP contribution in [0.2, 0.25) is 0 Å². The summed E-state index contributed by atoms with van der Waals surface area (Å²) in [4.78, 5) is 26.8. The lowest BCUT2D eigenvalue weighted by Gasteiger charge is -2.22. The van der Waals surface area contributed by atoms with Gasteiger partial charge in [0.15, 0.2) is 5.52 Å². The molecule has 0 fully saturated rings. The fraction of sp³-hybridized carbons (Fsp3) is 0.529. The first kappa shape index (κ1) is 20.6. The number of nitrogens with one attached hydrogen (secondary N) is 2. The molecule has 0 bridgehead atoms. The average molecular weight is 352 g/mol. The zero-order chi connectivity index (χ0) is 18.2. The van der Waals surface area contributed by atoms with Crippen LogP contribution in [-0.4, -0.2) is 34.3 Å². The Labute approximate surface area is 145 Å². The Morgan fingerprint density at radius 1 is 1.54 bits per heavy atom. The van der Waals surface area contributed by atoms with Gasteiger partial charge in [-0.05, 0) is 59.9 Å². The normalized spacial score (nSPS) is 15.3. The standard InChI is InChI=1S/C17H29N4O2P/c1-4-17(3,19)21-9-5-6-14(16(18)23)24-15(22)8-7-13-10-12(2)11-20-13/h4,10-11,14,20-21,24H,1,5-9,19H2,2-3H3,(H2,18,23). The van der Waals surface area contributed by atoms with E-state index >= 15 is 0 Å². The van der Waals surface area contributed by atoms with Crippen LogP contribution in [0.1, 0.15) is 37.4 Å². The lowest BCUT2D eigenvalue weighted by molar-refractivity contribution is -0.118. The molecule has 0 spiro atoms. The Bertz CT molecular complexity index is 569. The van der Waals surface area contributed by atoms with E-state index in [-0.39, 0.29) is 14.1 Å². The lowest BCUT2D eigenvalue weighted by Crippen LogP contribution is -2.49.